The number of amides is 1. The Bertz CT molecular complexity index is 414. The van der Waals surface area contributed by atoms with Crippen LogP contribution in [0.1, 0.15) is 0 Å². The average molecular weight is 378 g/mol. The third-order valence-corrected chi connectivity index (χ3v) is 4.06. The highest BCUT2D eigenvalue weighted by Crippen LogP contribution is 2.30. The van der Waals surface area contributed by atoms with Gasteiger partial charge in [0.25, 0.3) is 0 Å². The maximum atomic E-state index is 12.0. The van der Waals surface area contributed by atoms with Crippen molar-refractivity contribution in [2.75, 3.05) is 38.2 Å². The second-order valence-electron chi connectivity index (χ2n) is 3.94. The molecule has 0 spiro atoms. The van der Waals surface area contributed by atoms with Gasteiger partial charge in [0.05, 0.1) is 25.4 Å². The summed E-state index contributed by atoms with van der Waals surface area (Å²) >= 11 is 6.91. The van der Waals surface area contributed by atoms with Gasteiger partial charge in [-0.05, 0) is 44.0 Å². The van der Waals surface area contributed by atoms with Crippen molar-refractivity contribution in [1.82, 2.24) is 4.90 Å². The number of para-hydroxylation sites is 1. The van der Waals surface area contributed by atoms with Crippen molar-refractivity contribution in [1.29, 1.82) is 0 Å². The Balaban J connectivity index is 1.92. The van der Waals surface area contributed by atoms with Crippen LogP contribution < -0.4 is 5.32 Å². The predicted octanol–water partition coefficient (Wildman–Crippen LogP) is 2.48. The first-order chi connectivity index (χ1) is 8.68. The molecule has 0 aromatic heterocycles. The summed E-state index contributed by atoms with van der Waals surface area (Å²) in [5.74, 6) is 0.0981. The first-order valence-electron chi connectivity index (χ1n) is 5.72. The molecule has 0 atom stereocenters. The number of carbonyl (C=O) groups is 1. The number of nitrogens with zero attached hydrogens (tertiary/aromatic N) is 1. The fraction of sp³-hybridized carbons (Fsp3) is 0.417. The lowest BCUT2D eigenvalue weighted by atomic mass is 10.3. The molecule has 18 heavy (non-hydrogen) atoms. The molecule has 98 valence electrons. The van der Waals surface area contributed by atoms with E-state index in [0.717, 1.165) is 14.6 Å². The van der Waals surface area contributed by atoms with Crippen LogP contribution >= 0.6 is 31.9 Å². The smallest absolute Gasteiger partial charge is 0.242 e. The van der Waals surface area contributed by atoms with Crippen molar-refractivity contribution in [3.8, 4) is 0 Å². The van der Waals surface area contributed by atoms with E-state index in [2.05, 4.69) is 37.2 Å². The topological polar surface area (TPSA) is 41.6 Å². The predicted molar refractivity (Wildman–Crippen MR) is 77.7 cm³/mol. The molecular weight excluding hydrogens is 364 g/mol. The maximum absolute atomic E-state index is 12.0. The van der Waals surface area contributed by atoms with Gasteiger partial charge in [0.2, 0.25) is 5.91 Å². The Morgan fingerprint density at radius 3 is 2.50 bits per heavy atom. The molecular formula is C12H14Br2N2O2. The summed E-state index contributed by atoms with van der Waals surface area (Å²) in [5, 5.41) is 3.15. The average Bonchev–Trinajstić information content (AvgIpc) is 2.39. The molecule has 0 unspecified atom stereocenters. The molecule has 1 aromatic rings. The molecule has 1 aliphatic heterocycles. The highest BCUT2D eigenvalue weighted by Gasteiger charge is 2.16. The van der Waals surface area contributed by atoms with Crippen LogP contribution in [0, 0.1) is 0 Å². The minimum atomic E-state index is 0.0981. The first kappa shape index (κ1) is 13.8. The monoisotopic (exact) mass is 376 g/mol. The van der Waals surface area contributed by atoms with Gasteiger partial charge in [-0.25, -0.2) is 0 Å². The third-order valence-electron chi connectivity index (χ3n) is 2.74. The molecule has 1 aliphatic rings. The number of hydrogen-bond donors (Lipinski definition) is 1. The van der Waals surface area contributed by atoms with E-state index in [-0.39, 0.29) is 5.91 Å². The van der Waals surface area contributed by atoms with Crippen LogP contribution in [-0.2, 0) is 9.53 Å². The Hall–Kier alpha value is -0.590. The molecule has 0 radical (unpaired) electrons. The molecule has 0 aliphatic carbocycles. The summed E-state index contributed by atoms with van der Waals surface area (Å²) in [5.41, 5.74) is 0.902. The molecule has 4 nitrogen and oxygen atoms in total. The summed E-state index contributed by atoms with van der Waals surface area (Å²) in [6, 6.07) is 5.81. The van der Waals surface area contributed by atoms with E-state index < -0.39 is 0 Å². The van der Waals surface area contributed by atoms with E-state index >= 15 is 0 Å². The van der Waals surface area contributed by atoms with Crippen molar-refractivity contribution in [3.05, 3.63) is 27.1 Å². The number of ether oxygens (including phenoxy) is 1. The molecule has 1 aromatic carbocycles. The van der Waals surface area contributed by atoms with Gasteiger partial charge in [-0.1, -0.05) is 6.07 Å². The standard InChI is InChI=1S/C12H14Br2N2O2/c13-9-2-1-3-10(14)12(9)15-8-11(17)16-4-6-18-7-5-16/h1-3,15H,4-8H2. The van der Waals surface area contributed by atoms with Crippen LogP contribution in [0.2, 0.25) is 0 Å². The zero-order valence-electron chi connectivity index (χ0n) is 9.79. The Morgan fingerprint density at radius 1 is 1.28 bits per heavy atom. The summed E-state index contributed by atoms with van der Waals surface area (Å²) in [6.07, 6.45) is 0. The fourth-order valence-corrected chi connectivity index (χ4v) is 3.03. The minimum absolute atomic E-state index is 0.0981. The van der Waals surface area contributed by atoms with Crippen molar-refractivity contribution in [2.45, 2.75) is 0 Å². The Kier molecular flexibility index (Phi) is 5.03. The fourth-order valence-electron chi connectivity index (χ4n) is 1.76. The van der Waals surface area contributed by atoms with E-state index in [1.54, 1.807) is 0 Å². The lowest BCUT2D eigenvalue weighted by Gasteiger charge is -2.27. The highest BCUT2D eigenvalue weighted by atomic mass is 79.9. The summed E-state index contributed by atoms with van der Waals surface area (Å²) in [6.45, 7) is 2.91. The second kappa shape index (κ2) is 6.54. The number of morpholine rings is 1. The maximum Gasteiger partial charge on any atom is 0.242 e. The van der Waals surface area contributed by atoms with Gasteiger partial charge >= 0.3 is 0 Å². The van der Waals surface area contributed by atoms with Gasteiger partial charge in [0, 0.05) is 22.0 Å². The van der Waals surface area contributed by atoms with Crippen LogP contribution in [0.4, 0.5) is 5.69 Å². The summed E-state index contributed by atoms with van der Waals surface area (Å²) in [7, 11) is 0. The van der Waals surface area contributed by atoms with Gasteiger partial charge in [-0.3, -0.25) is 4.79 Å². The van der Waals surface area contributed by atoms with Crippen molar-refractivity contribution < 1.29 is 9.53 Å². The van der Waals surface area contributed by atoms with Gasteiger partial charge in [0.15, 0.2) is 0 Å². The molecule has 6 heteroatoms. The van der Waals surface area contributed by atoms with Crippen LogP contribution in [0.3, 0.4) is 0 Å². The number of nitrogens with one attached hydrogen (secondary N) is 1. The van der Waals surface area contributed by atoms with Gasteiger partial charge in [0.1, 0.15) is 0 Å². The number of carbonyl (C=O) groups excluding carboxylic acids is 1. The zero-order chi connectivity index (χ0) is 13.0. The summed E-state index contributed by atoms with van der Waals surface area (Å²) in [4.78, 5) is 13.8. The number of halogens is 2. The zero-order valence-corrected chi connectivity index (χ0v) is 13.0. The van der Waals surface area contributed by atoms with E-state index in [9.17, 15) is 4.79 Å². The minimum Gasteiger partial charge on any atom is -0.378 e. The first-order valence-corrected chi connectivity index (χ1v) is 7.30. The molecule has 1 amide bonds. The van der Waals surface area contributed by atoms with Crippen molar-refractivity contribution in [3.63, 3.8) is 0 Å². The van der Waals surface area contributed by atoms with Crippen LogP contribution in [0.15, 0.2) is 27.1 Å². The number of rotatable bonds is 3. The molecule has 1 saturated heterocycles. The lowest BCUT2D eigenvalue weighted by molar-refractivity contribution is -0.133. The molecule has 1 N–H and O–H groups in total. The number of benzene rings is 1. The Labute approximate surface area is 123 Å². The normalized spacial score (nSPS) is 15.6. The van der Waals surface area contributed by atoms with Crippen LogP contribution in [0.5, 0.6) is 0 Å². The highest BCUT2D eigenvalue weighted by molar-refractivity contribution is 9.11. The van der Waals surface area contributed by atoms with Crippen LogP contribution in [0.25, 0.3) is 0 Å². The lowest BCUT2D eigenvalue weighted by Crippen LogP contribution is -2.43. The van der Waals surface area contributed by atoms with Crippen molar-refractivity contribution >= 4 is 43.5 Å². The van der Waals surface area contributed by atoms with E-state index in [1.807, 2.05) is 23.1 Å². The summed E-state index contributed by atoms with van der Waals surface area (Å²) < 4.78 is 7.10. The largest absolute Gasteiger partial charge is 0.378 e. The second-order valence-corrected chi connectivity index (χ2v) is 5.65. The molecule has 1 fully saturated rings. The number of hydrogen-bond acceptors (Lipinski definition) is 3. The van der Waals surface area contributed by atoms with Crippen LogP contribution in [-0.4, -0.2) is 43.7 Å². The SMILES string of the molecule is O=C(CNc1c(Br)cccc1Br)N1CCOCC1. The van der Waals surface area contributed by atoms with Gasteiger partial charge < -0.3 is 15.0 Å². The molecule has 2 rings (SSSR count). The molecule has 0 saturated carbocycles. The third kappa shape index (κ3) is 3.46. The van der Waals surface area contributed by atoms with E-state index in [4.69, 9.17) is 4.74 Å². The van der Waals surface area contributed by atoms with E-state index in [1.165, 1.54) is 0 Å². The van der Waals surface area contributed by atoms with E-state index in [0.29, 0.717) is 32.8 Å². The quantitative estimate of drug-likeness (QED) is 0.879. The van der Waals surface area contributed by atoms with Crippen molar-refractivity contribution in [2.24, 2.45) is 0 Å². The molecule has 0 bridgehead atoms. The Morgan fingerprint density at radius 2 is 1.89 bits per heavy atom. The van der Waals surface area contributed by atoms with Gasteiger partial charge in [-0.15, -0.1) is 0 Å². The number of anilines is 1. The van der Waals surface area contributed by atoms with Gasteiger partial charge in [-0.2, -0.15) is 0 Å². The molecule has 1 heterocycles.